The summed E-state index contributed by atoms with van der Waals surface area (Å²) in [5, 5.41) is 12.9. The molecular weight excluding hydrogens is 352 g/mol. The monoisotopic (exact) mass is 368 g/mol. The minimum Gasteiger partial charge on any atom is -0.390 e. The van der Waals surface area contributed by atoms with Crippen LogP contribution in [-0.4, -0.2) is 58.7 Å². The summed E-state index contributed by atoms with van der Waals surface area (Å²) in [5.41, 5.74) is 0. The van der Waals surface area contributed by atoms with Gasteiger partial charge in [0, 0.05) is 24.2 Å². The van der Waals surface area contributed by atoms with Gasteiger partial charge >= 0.3 is 0 Å². The molecule has 1 aliphatic rings. The summed E-state index contributed by atoms with van der Waals surface area (Å²) >= 11 is 5.70. The summed E-state index contributed by atoms with van der Waals surface area (Å²) in [6.07, 6.45) is -0.960. The average molecular weight is 369 g/mol. The lowest BCUT2D eigenvalue weighted by Gasteiger charge is -2.15. The highest BCUT2D eigenvalue weighted by atomic mass is 35.5. The number of aliphatic hydroxyl groups is 1. The Morgan fingerprint density at radius 2 is 1.82 bits per heavy atom. The van der Waals surface area contributed by atoms with Gasteiger partial charge in [0.15, 0.2) is 9.84 Å². The van der Waals surface area contributed by atoms with Gasteiger partial charge in [-0.2, -0.15) is 0 Å². The highest BCUT2D eigenvalue weighted by molar-refractivity contribution is 7.91. The average Bonchev–Trinajstić information content (AvgIpc) is 2.68. The smallest absolute Gasteiger partial charge is 0.240 e. The Bertz CT molecular complexity index is 718. The molecule has 1 heterocycles. The molecule has 0 unspecified atom stereocenters. The SMILES string of the molecule is O=S1(=O)C[C@H](O)[C@H](NCCNS(=O)(=O)c2ccc(Cl)cc2)C1. The van der Waals surface area contributed by atoms with Crippen LogP contribution in [0.5, 0.6) is 0 Å². The largest absolute Gasteiger partial charge is 0.390 e. The number of benzene rings is 1. The minimum atomic E-state index is -3.64. The van der Waals surface area contributed by atoms with Crippen LogP contribution in [0.1, 0.15) is 0 Å². The van der Waals surface area contributed by atoms with E-state index in [1.54, 1.807) is 0 Å². The van der Waals surface area contributed by atoms with Gasteiger partial charge in [0.2, 0.25) is 10.0 Å². The molecular formula is C12H17ClN2O5S2. The summed E-state index contributed by atoms with van der Waals surface area (Å²) in [6.45, 7) is 0.290. The lowest BCUT2D eigenvalue weighted by Crippen LogP contribution is -2.42. The molecule has 2 rings (SSSR count). The van der Waals surface area contributed by atoms with E-state index in [-0.39, 0.29) is 29.5 Å². The molecule has 0 spiro atoms. The molecule has 1 aromatic rings. The maximum absolute atomic E-state index is 12.0. The Balaban J connectivity index is 1.82. The van der Waals surface area contributed by atoms with Crippen LogP contribution < -0.4 is 10.0 Å². The molecule has 0 bridgehead atoms. The Labute approximate surface area is 134 Å². The standard InChI is InChI=1S/C12H17ClN2O5S2/c13-9-1-3-10(4-2-9)22(19,20)15-6-5-14-11-7-21(17,18)8-12(11)16/h1-4,11-12,14-16H,5-8H2/t11-,12+/m1/s1. The second kappa shape index (κ2) is 6.81. The molecule has 7 nitrogen and oxygen atoms in total. The molecule has 0 aliphatic carbocycles. The predicted octanol–water partition coefficient (Wildman–Crippen LogP) is -0.634. The molecule has 1 saturated heterocycles. The number of nitrogens with one attached hydrogen (secondary N) is 2. The van der Waals surface area contributed by atoms with Crippen molar-refractivity contribution in [1.82, 2.24) is 10.0 Å². The maximum atomic E-state index is 12.0. The van der Waals surface area contributed by atoms with Gasteiger partial charge in [-0.05, 0) is 24.3 Å². The van der Waals surface area contributed by atoms with Crippen LogP contribution in [0.25, 0.3) is 0 Å². The molecule has 124 valence electrons. The fourth-order valence-corrected chi connectivity index (χ4v) is 5.10. The van der Waals surface area contributed by atoms with Crippen molar-refractivity contribution in [2.24, 2.45) is 0 Å². The number of hydrogen-bond acceptors (Lipinski definition) is 6. The van der Waals surface area contributed by atoms with Crippen molar-refractivity contribution >= 4 is 31.5 Å². The Morgan fingerprint density at radius 3 is 2.36 bits per heavy atom. The Morgan fingerprint density at radius 1 is 1.18 bits per heavy atom. The van der Waals surface area contributed by atoms with Gasteiger partial charge in [-0.3, -0.25) is 0 Å². The fraction of sp³-hybridized carbons (Fsp3) is 0.500. The van der Waals surface area contributed by atoms with Gasteiger partial charge in [0.1, 0.15) is 0 Å². The number of hydrogen-bond donors (Lipinski definition) is 3. The first-order chi connectivity index (χ1) is 10.2. The zero-order valence-corrected chi connectivity index (χ0v) is 14.0. The Hall–Kier alpha value is -0.710. The summed E-state index contributed by atoms with van der Waals surface area (Å²) in [7, 11) is -6.86. The van der Waals surface area contributed by atoms with E-state index >= 15 is 0 Å². The van der Waals surface area contributed by atoms with Crippen LogP contribution >= 0.6 is 11.6 Å². The van der Waals surface area contributed by atoms with Gasteiger partial charge in [0.25, 0.3) is 0 Å². The van der Waals surface area contributed by atoms with Crippen LogP contribution in [0.15, 0.2) is 29.2 Å². The van der Waals surface area contributed by atoms with Gasteiger partial charge < -0.3 is 10.4 Å². The normalized spacial score (nSPS) is 24.5. The van der Waals surface area contributed by atoms with E-state index in [4.69, 9.17) is 11.6 Å². The summed E-state index contributed by atoms with van der Waals surface area (Å²) in [4.78, 5) is 0.0976. The maximum Gasteiger partial charge on any atom is 0.240 e. The molecule has 0 saturated carbocycles. The first-order valence-electron chi connectivity index (χ1n) is 6.57. The number of rotatable bonds is 6. The molecule has 2 atom stereocenters. The first-order valence-corrected chi connectivity index (χ1v) is 10.2. The molecule has 10 heteroatoms. The van der Waals surface area contributed by atoms with Crippen LogP contribution in [-0.2, 0) is 19.9 Å². The third-order valence-electron chi connectivity index (χ3n) is 3.27. The molecule has 0 radical (unpaired) electrons. The first kappa shape index (κ1) is 17.6. The third-order valence-corrected chi connectivity index (χ3v) is 6.72. The minimum absolute atomic E-state index is 0.0776. The van der Waals surface area contributed by atoms with Crippen molar-refractivity contribution in [2.45, 2.75) is 17.0 Å². The molecule has 1 aromatic carbocycles. The number of aliphatic hydroxyl groups excluding tert-OH is 1. The molecule has 22 heavy (non-hydrogen) atoms. The molecule has 1 fully saturated rings. The lowest BCUT2D eigenvalue weighted by molar-refractivity contribution is 0.166. The van der Waals surface area contributed by atoms with Crippen molar-refractivity contribution in [3.05, 3.63) is 29.3 Å². The molecule has 0 amide bonds. The van der Waals surface area contributed by atoms with E-state index in [2.05, 4.69) is 10.0 Å². The van der Waals surface area contributed by atoms with Crippen LogP contribution in [0, 0.1) is 0 Å². The highest BCUT2D eigenvalue weighted by Gasteiger charge is 2.35. The zero-order chi connectivity index (χ0) is 16.4. The van der Waals surface area contributed by atoms with Gasteiger partial charge in [-0.25, -0.2) is 21.6 Å². The molecule has 1 aliphatic heterocycles. The third kappa shape index (κ3) is 4.64. The van der Waals surface area contributed by atoms with Crippen molar-refractivity contribution in [3.63, 3.8) is 0 Å². The van der Waals surface area contributed by atoms with Crippen LogP contribution in [0.2, 0.25) is 5.02 Å². The molecule has 3 N–H and O–H groups in total. The quantitative estimate of drug-likeness (QED) is 0.576. The summed E-state index contributed by atoms with van der Waals surface area (Å²) in [5.74, 6) is -0.404. The number of sulfonamides is 1. The van der Waals surface area contributed by atoms with Crippen LogP contribution in [0.4, 0.5) is 0 Å². The fourth-order valence-electron chi connectivity index (χ4n) is 2.16. The van der Waals surface area contributed by atoms with Crippen molar-refractivity contribution in [2.75, 3.05) is 24.6 Å². The Kier molecular flexibility index (Phi) is 5.46. The lowest BCUT2D eigenvalue weighted by atomic mass is 10.2. The van der Waals surface area contributed by atoms with E-state index in [1.807, 2.05) is 0 Å². The van der Waals surface area contributed by atoms with Crippen molar-refractivity contribution in [1.29, 1.82) is 0 Å². The number of sulfone groups is 1. The van der Waals surface area contributed by atoms with E-state index < -0.39 is 32.0 Å². The summed E-state index contributed by atoms with van der Waals surface area (Å²) in [6, 6.07) is 5.18. The van der Waals surface area contributed by atoms with E-state index in [9.17, 15) is 21.9 Å². The van der Waals surface area contributed by atoms with Gasteiger partial charge in [0.05, 0.1) is 22.5 Å². The van der Waals surface area contributed by atoms with Gasteiger partial charge in [-0.1, -0.05) is 11.6 Å². The van der Waals surface area contributed by atoms with Gasteiger partial charge in [-0.15, -0.1) is 0 Å². The second-order valence-electron chi connectivity index (χ2n) is 5.06. The van der Waals surface area contributed by atoms with Crippen molar-refractivity contribution < 1.29 is 21.9 Å². The van der Waals surface area contributed by atoms with E-state index in [0.717, 1.165) is 0 Å². The highest BCUT2D eigenvalue weighted by Crippen LogP contribution is 2.14. The second-order valence-corrected chi connectivity index (χ2v) is 9.41. The predicted molar refractivity (Wildman–Crippen MR) is 83.1 cm³/mol. The van der Waals surface area contributed by atoms with Crippen LogP contribution in [0.3, 0.4) is 0 Å². The van der Waals surface area contributed by atoms with Crippen molar-refractivity contribution in [3.8, 4) is 0 Å². The summed E-state index contributed by atoms with van der Waals surface area (Å²) < 4.78 is 49.0. The molecule has 0 aromatic heterocycles. The van der Waals surface area contributed by atoms with E-state index in [0.29, 0.717) is 5.02 Å². The topological polar surface area (TPSA) is 113 Å². The van der Waals surface area contributed by atoms with E-state index in [1.165, 1.54) is 24.3 Å². The zero-order valence-electron chi connectivity index (χ0n) is 11.6. The number of halogens is 1.